The van der Waals surface area contributed by atoms with Crippen LogP contribution in [0.5, 0.6) is 0 Å². The van der Waals surface area contributed by atoms with Crippen LogP contribution in [-0.4, -0.2) is 48.6 Å². The molecule has 1 aromatic carbocycles. The number of carbonyl (C=O) groups excluding carboxylic acids is 2. The van der Waals surface area contributed by atoms with Crippen molar-refractivity contribution in [3.63, 3.8) is 0 Å². The van der Waals surface area contributed by atoms with Crippen LogP contribution in [0.2, 0.25) is 0 Å². The third-order valence-corrected chi connectivity index (χ3v) is 4.33. The molecule has 138 valence electrons. The van der Waals surface area contributed by atoms with Gasteiger partial charge in [0.25, 0.3) is 5.91 Å². The summed E-state index contributed by atoms with van der Waals surface area (Å²) < 4.78 is 6.17. The van der Waals surface area contributed by atoms with E-state index in [1.165, 1.54) is 0 Å². The van der Waals surface area contributed by atoms with Gasteiger partial charge in [-0.05, 0) is 26.3 Å². The first-order chi connectivity index (χ1) is 11.9. The Morgan fingerprint density at radius 2 is 2.04 bits per heavy atom. The highest BCUT2D eigenvalue weighted by molar-refractivity contribution is 5.87. The van der Waals surface area contributed by atoms with Gasteiger partial charge in [0.05, 0.1) is 6.54 Å². The Hall–Kier alpha value is -1.92. The number of benzene rings is 1. The SMILES string of the molecule is CCC(=O)NCCN1CC(NC(C)C)OC(C)(c2ccccc2)C1=O. The van der Waals surface area contributed by atoms with Crippen molar-refractivity contribution in [2.45, 2.75) is 52.0 Å². The maximum Gasteiger partial charge on any atom is 0.259 e. The smallest absolute Gasteiger partial charge is 0.259 e. The molecule has 1 heterocycles. The zero-order valence-electron chi connectivity index (χ0n) is 15.5. The highest BCUT2D eigenvalue weighted by Gasteiger charge is 2.46. The molecule has 0 radical (unpaired) electrons. The molecule has 0 bridgehead atoms. The molecule has 2 N–H and O–H groups in total. The number of nitrogens with one attached hydrogen (secondary N) is 2. The van der Waals surface area contributed by atoms with Crippen molar-refractivity contribution in [3.05, 3.63) is 35.9 Å². The minimum atomic E-state index is -1.04. The average Bonchev–Trinajstić information content (AvgIpc) is 2.59. The molecular weight excluding hydrogens is 318 g/mol. The van der Waals surface area contributed by atoms with E-state index in [0.717, 1.165) is 5.56 Å². The summed E-state index contributed by atoms with van der Waals surface area (Å²) in [5.41, 5.74) is -0.209. The number of morpholine rings is 1. The Morgan fingerprint density at radius 1 is 1.36 bits per heavy atom. The maximum absolute atomic E-state index is 13.1. The molecule has 2 amide bonds. The Labute approximate surface area is 149 Å². The zero-order chi connectivity index (χ0) is 18.4. The zero-order valence-corrected chi connectivity index (χ0v) is 15.5. The van der Waals surface area contributed by atoms with E-state index < -0.39 is 5.60 Å². The summed E-state index contributed by atoms with van der Waals surface area (Å²) in [5, 5.41) is 6.19. The molecule has 2 unspecified atom stereocenters. The van der Waals surface area contributed by atoms with E-state index in [9.17, 15) is 9.59 Å². The van der Waals surface area contributed by atoms with Gasteiger partial charge in [-0.3, -0.25) is 14.9 Å². The lowest BCUT2D eigenvalue weighted by Gasteiger charge is -2.44. The average molecular weight is 347 g/mol. The van der Waals surface area contributed by atoms with Crippen LogP contribution in [0.15, 0.2) is 30.3 Å². The van der Waals surface area contributed by atoms with E-state index >= 15 is 0 Å². The van der Waals surface area contributed by atoms with Gasteiger partial charge >= 0.3 is 0 Å². The van der Waals surface area contributed by atoms with E-state index in [2.05, 4.69) is 10.6 Å². The summed E-state index contributed by atoms with van der Waals surface area (Å²) in [6.07, 6.45) is 0.181. The molecular formula is C19H29N3O3. The van der Waals surface area contributed by atoms with Gasteiger partial charge in [-0.1, -0.05) is 37.3 Å². The fourth-order valence-electron chi connectivity index (χ4n) is 3.01. The normalized spacial score (nSPS) is 23.8. The summed E-state index contributed by atoms with van der Waals surface area (Å²) in [5.74, 6) is -0.0883. The number of ether oxygens (including phenoxy) is 1. The second-order valence-corrected chi connectivity index (χ2v) is 6.78. The second-order valence-electron chi connectivity index (χ2n) is 6.78. The van der Waals surface area contributed by atoms with Gasteiger partial charge in [0.1, 0.15) is 6.23 Å². The van der Waals surface area contributed by atoms with Crippen LogP contribution < -0.4 is 10.6 Å². The quantitative estimate of drug-likeness (QED) is 0.786. The van der Waals surface area contributed by atoms with Crippen molar-refractivity contribution in [2.24, 2.45) is 0 Å². The number of nitrogens with zero attached hydrogens (tertiary/aromatic N) is 1. The van der Waals surface area contributed by atoms with Crippen molar-refractivity contribution in [1.82, 2.24) is 15.5 Å². The maximum atomic E-state index is 13.1. The van der Waals surface area contributed by atoms with Crippen LogP contribution >= 0.6 is 0 Å². The van der Waals surface area contributed by atoms with Gasteiger partial charge in [-0.15, -0.1) is 0 Å². The summed E-state index contributed by atoms with van der Waals surface area (Å²) in [6.45, 7) is 9.09. The lowest BCUT2D eigenvalue weighted by molar-refractivity contribution is -0.190. The predicted octanol–water partition coefficient (Wildman–Crippen LogP) is 1.61. The van der Waals surface area contributed by atoms with Crippen molar-refractivity contribution >= 4 is 11.8 Å². The van der Waals surface area contributed by atoms with Crippen LogP contribution in [0, 0.1) is 0 Å². The second kappa shape index (κ2) is 8.45. The standard InChI is InChI=1S/C19H29N3O3/c1-5-16(23)20-11-12-22-13-17(21-14(2)3)25-19(4,18(22)24)15-9-7-6-8-10-15/h6-10,14,17,21H,5,11-13H2,1-4H3,(H,20,23). The molecule has 0 aliphatic carbocycles. The van der Waals surface area contributed by atoms with Crippen molar-refractivity contribution in [1.29, 1.82) is 0 Å². The molecule has 1 fully saturated rings. The van der Waals surface area contributed by atoms with Crippen LogP contribution in [0.4, 0.5) is 0 Å². The molecule has 1 saturated heterocycles. The number of rotatable bonds is 7. The third-order valence-electron chi connectivity index (χ3n) is 4.33. The number of amides is 2. The number of carbonyl (C=O) groups is 2. The largest absolute Gasteiger partial charge is 0.354 e. The van der Waals surface area contributed by atoms with E-state index in [1.54, 1.807) is 4.90 Å². The molecule has 2 atom stereocenters. The van der Waals surface area contributed by atoms with Crippen LogP contribution in [0.1, 0.15) is 39.7 Å². The molecule has 0 aromatic heterocycles. The molecule has 1 aromatic rings. The molecule has 2 rings (SSSR count). The Bertz CT molecular complexity index is 591. The molecule has 0 spiro atoms. The summed E-state index contributed by atoms with van der Waals surface area (Å²) in [6, 6.07) is 9.78. The minimum Gasteiger partial charge on any atom is -0.354 e. The van der Waals surface area contributed by atoms with Crippen LogP contribution in [0.25, 0.3) is 0 Å². The van der Waals surface area contributed by atoms with Gasteiger partial charge in [0, 0.05) is 25.6 Å². The molecule has 1 aliphatic heterocycles. The topological polar surface area (TPSA) is 70.7 Å². The first kappa shape index (κ1) is 19.4. The fraction of sp³-hybridized carbons (Fsp3) is 0.579. The van der Waals surface area contributed by atoms with Crippen molar-refractivity contribution < 1.29 is 14.3 Å². The Balaban J connectivity index is 2.18. The number of hydrogen-bond acceptors (Lipinski definition) is 4. The van der Waals surface area contributed by atoms with Crippen molar-refractivity contribution in [3.8, 4) is 0 Å². The monoisotopic (exact) mass is 347 g/mol. The van der Waals surface area contributed by atoms with E-state index in [1.807, 2.05) is 58.0 Å². The van der Waals surface area contributed by atoms with E-state index in [-0.39, 0.29) is 24.1 Å². The first-order valence-corrected chi connectivity index (χ1v) is 8.92. The van der Waals surface area contributed by atoms with Gasteiger partial charge in [-0.25, -0.2) is 0 Å². The Kier molecular flexibility index (Phi) is 6.56. The highest BCUT2D eigenvalue weighted by Crippen LogP contribution is 2.32. The predicted molar refractivity (Wildman–Crippen MR) is 96.8 cm³/mol. The van der Waals surface area contributed by atoms with Crippen LogP contribution in [-0.2, 0) is 19.9 Å². The molecule has 25 heavy (non-hydrogen) atoms. The van der Waals surface area contributed by atoms with E-state index in [0.29, 0.717) is 26.1 Å². The first-order valence-electron chi connectivity index (χ1n) is 8.92. The van der Waals surface area contributed by atoms with Gasteiger partial charge in [-0.2, -0.15) is 0 Å². The molecule has 6 nitrogen and oxygen atoms in total. The highest BCUT2D eigenvalue weighted by atomic mass is 16.5. The van der Waals surface area contributed by atoms with Gasteiger partial charge in [0.2, 0.25) is 5.91 Å². The van der Waals surface area contributed by atoms with E-state index in [4.69, 9.17) is 4.74 Å². The fourth-order valence-corrected chi connectivity index (χ4v) is 3.01. The summed E-state index contributed by atoms with van der Waals surface area (Å²) in [4.78, 5) is 26.3. The van der Waals surface area contributed by atoms with Gasteiger partial charge in [0.15, 0.2) is 5.60 Å². The van der Waals surface area contributed by atoms with Gasteiger partial charge < -0.3 is 15.0 Å². The lowest BCUT2D eigenvalue weighted by atomic mass is 9.92. The van der Waals surface area contributed by atoms with Crippen LogP contribution in [0.3, 0.4) is 0 Å². The summed E-state index contributed by atoms with van der Waals surface area (Å²) >= 11 is 0. The molecule has 0 saturated carbocycles. The third kappa shape index (κ3) is 4.80. The number of hydrogen-bond donors (Lipinski definition) is 2. The molecule has 6 heteroatoms. The minimum absolute atomic E-state index is 0.0108. The molecule has 1 aliphatic rings. The lowest BCUT2D eigenvalue weighted by Crippen LogP contribution is -2.62. The van der Waals surface area contributed by atoms with Crippen molar-refractivity contribution in [2.75, 3.05) is 19.6 Å². The summed E-state index contributed by atoms with van der Waals surface area (Å²) in [7, 11) is 0. The Morgan fingerprint density at radius 3 is 2.64 bits per heavy atom.